The molecule has 3 rings (SSSR count). The van der Waals surface area contributed by atoms with Crippen LogP contribution in [0.2, 0.25) is 0 Å². The molecule has 1 aliphatic heterocycles. The fraction of sp³-hybridized carbons (Fsp3) is 0.333. The number of halogens is 1. The van der Waals surface area contributed by atoms with Crippen LogP contribution in [0.1, 0.15) is 28.4 Å². The van der Waals surface area contributed by atoms with E-state index in [0.29, 0.717) is 12.0 Å². The van der Waals surface area contributed by atoms with Gasteiger partial charge in [-0.3, -0.25) is 4.79 Å². The van der Waals surface area contributed by atoms with Gasteiger partial charge in [-0.25, -0.2) is 9.37 Å². The van der Waals surface area contributed by atoms with Gasteiger partial charge in [-0.1, -0.05) is 12.1 Å². The molecule has 1 fully saturated rings. The Labute approximate surface area is 140 Å². The van der Waals surface area contributed by atoms with Gasteiger partial charge in [0.2, 0.25) is 0 Å². The van der Waals surface area contributed by atoms with E-state index >= 15 is 0 Å². The van der Waals surface area contributed by atoms with Crippen LogP contribution in [0.5, 0.6) is 0 Å². The summed E-state index contributed by atoms with van der Waals surface area (Å²) >= 11 is 0. The quantitative estimate of drug-likeness (QED) is 0.938. The highest BCUT2D eigenvalue weighted by Crippen LogP contribution is 2.33. The Morgan fingerprint density at radius 2 is 1.96 bits per heavy atom. The van der Waals surface area contributed by atoms with E-state index in [0.717, 1.165) is 11.4 Å². The Bertz CT molecular complexity index is 716. The standard InChI is InChI=1S/C18H20FN3O2/c1-21(2)17-8-5-13(10-20-17)18(24)22-11-15(23)9-16(22)12-3-6-14(19)7-4-12/h3-8,10,15-16,23H,9,11H2,1-2H3/t15-,16+/m0/s1. The monoisotopic (exact) mass is 329 g/mol. The summed E-state index contributed by atoms with van der Waals surface area (Å²) in [4.78, 5) is 20.6. The van der Waals surface area contributed by atoms with Gasteiger partial charge in [-0.15, -0.1) is 0 Å². The molecule has 0 bridgehead atoms. The number of carbonyl (C=O) groups is 1. The van der Waals surface area contributed by atoms with Crippen LogP contribution in [-0.4, -0.2) is 47.6 Å². The second kappa shape index (κ2) is 6.57. The lowest BCUT2D eigenvalue weighted by Gasteiger charge is -2.25. The summed E-state index contributed by atoms with van der Waals surface area (Å²) < 4.78 is 13.1. The van der Waals surface area contributed by atoms with Crippen molar-refractivity contribution in [1.82, 2.24) is 9.88 Å². The Balaban J connectivity index is 1.85. The smallest absolute Gasteiger partial charge is 0.256 e. The Morgan fingerprint density at radius 1 is 1.25 bits per heavy atom. The molecule has 0 spiro atoms. The first-order chi connectivity index (χ1) is 11.5. The highest BCUT2D eigenvalue weighted by Gasteiger charge is 2.35. The predicted molar refractivity (Wildman–Crippen MR) is 89.4 cm³/mol. The molecule has 5 nitrogen and oxygen atoms in total. The Morgan fingerprint density at radius 3 is 2.54 bits per heavy atom. The second-order valence-corrected chi connectivity index (χ2v) is 6.21. The summed E-state index contributed by atoms with van der Waals surface area (Å²) in [5, 5.41) is 10.0. The van der Waals surface area contributed by atoms with E-state index < -0.39 is 6.10 Å². The van der Waals surface area contributed by atoms with E-state index in [-0.39, 0.29) is 24.3 Å². The molecule has 2 atom stereocenters. The number of amides is 1. The molecular weight excluding hydrogens is 309 g/mol. The van der Waals surface area contributed by atoms with Gasteiger partial charge < -0.3 is 14.9 Å². The molecule has 1 N–H and O–H groups in total. The van der Waals surface area contributed by atoms with Gasteiger partial charge >= 0.3 is 0 Å². The Kier molecular flexibility index (Phi) is 4.49. The normalized spacial score (nSPS) is 20.2. The largest absolute Gasteiger partial charge is 0.391 e. The summed E-state index contributed by atoms with van der Waals surface area (Å²) in [5.41, 5.74) is 1.29. The van der Waals surface area contributed by atoms with Crippen molar-refractivity contribution in [1.29, 1.82) is 0 Å². The van der Waals surface area contributed by atoms with Gasteiger partial charge in [0, 0.05) is 26.8 Å². The number of aliphatic hydroxyl groups is 1. The highest BCUT2D eigenvalue weighted by molar-refractivity contribution is 5.94. The molecule has 24 heavy (non-hydrogen) atoms. The van der Waals surface area contributed by atoms with Crippen molar-refractivity contribution in [2.24, 2.45) is 0 Å². The van der Waals surface area contributed by atoms with E-state index in [2.05, 4.69) is 4.98 Å². The number of nitrogens with zero attached hydrogens (tertiary/aromatic N) is 3. The van der Waals surface area contributed by atoms with Crippen molar-refractivity contribution in [2.45, 2.75) is 18.6 Å². The predicted octanol–water partition coefficient (Wildman–Crippen LogP) is 2.23. The van der Waals surface area contributed by atoms with E-state index in [1.807, 2.05) is 19.0 Å². The fourth-order valence-corrected chi connectivity index (χ4v) is 2.98. The number of hydrogen-bond donors (Lipinski definition) is 1. The summed E-state index contributed by atoms with van der Waals surface area (Å²) in [7, 11) is 3.76. The number of carbonyl (C=O) groups excluding carboxylic acids is 1. The van der Waals surface area contributed by atoms with Crippen molar-refractivity contribution >= 4 is 11.7 Å². The van der Waals surface area contributed by atoms with E-state index in [4.69, 9.17) is 0 Å². The molecule has 0 unspecified atom stereocenters. The van der Waals surface area contributed by atoms with Crippen LogP contribution >= 0.6 is 0 Å². The molecule has 1 aliphatic rings. The summed E-state index contributed by atoms with van der Waals surface area (Å²) in [6, 6.07) is 9.31. The topological polar surface area (TPSA) is 56.7 Å². The molecule has 0 aliphatic carbocycles. The van der Waals surface area contributed by atoms with Crippen LogP contribution in [0, 0.1) is 5.82 Å². The molecule has 2 aromatic rings. The highest BCUT2D eigenvalue weighted by atomic mass is 19.1. The minimum atomic E-state index is -0.585. The van der Waals surface area contributed by atoms with Gasteiger partial charge in [0.1, 0.15) is 11.6 Å². The summed E-state index contributed by atoms with van der Waals surface area (Å²) in [6.07, 6.45) is 1.41. The third-order valence-electron chi connectivity index (χ3n) is 4.25. The molecule has 1 saturated heterocycles. The lowest BCUT2D eigenvalue weighted by atomic mass is 10.0. The van der Waals surface area contributed by atoms with Crippen LogP contribution in [0.4, 0.5) is 10.2 Å². The lowest BCUT2D eigenvalue weighted by molar-refractivity contribution is 0.0715. The van der Waals surface area contributed by atoms with Crippen LogP contribution < -0.4 is 4.90 Å². The van der Waals surface area contributed by atoms with Crippen molar-refractivity contribution < 1.29 is 14.3 Å². The lowest BCUT2D eigenvalue weighted by Crippen LogP contribution is -2.32. The summed E-state index contributed by atoms with van der Waals surface area (Å²) in [5.74, 6) is 0.264. The average Bonchev–Trinajstić information content (AvgIpc) is 2.96. The number of aromatic nitrogens is 1. The maximum Gasteiger partial charge on any atom is 0.256 e. The first kappa shape index (κ1) is 16.4. The van der Waals surface area contributed by atoms with Crippen molar-refractivity contribution in [3.05, 3.63) is 59.5 Å². The minimum absolute atomic E-state index is 0.182. The number of hydrogen-bond acceptors (Lipinski definition) is 4. The van der Waals surface area contributed by atoms with Gasteiger partial charge in [-0.05, 0) is 36.2 Å². The van der Waals surface area contributed by atoms with Gasteiger partial charge in [0.15, 0.2) is 0 Å². The fourth-order valence-electron chi connectivity index (χ4n) is 2.98. The van der Waals surface area contributed by atoms with Crippen LogP contribution in [0.3, 0.4) is 0 Å². The zero-order valence-corrected chi connectivity index (χ0v) is 13.7. The minimum Gasteiger partial charge on any atom is -0.391 e. The number of aliphatic hydroxyl groups excluding tert-OH is 1. The van der Waals surface area contributed by atoms with Gasteiger partial charge in [0.25, 0.3) is 5.91 Å². The first-order valence-corrected chi connectivity index (χ1v) is 7.83. The van der Waals surface area contributed by atoms with Crippen molar-refractivity contribution in [3.8, 4) is 0 Å². The van der Waals surface area contributed by atoms with Crippen molar-refractivity contribution in [3.63, 3.8) is 0 Å². The first-order valence-electron chi connectivity index (χ1n) is 7.83. The third-order valence-corrected chi connectivity index (χ3v) is 4.25. The number of benzene rings is 1. The van der Waals surface area contributed by atoms with Crippen molar-refractivity contribution in [2.75, 3.05) is 25.5 Å². The molecule has 126 valence electrons. The second-order valence-electron chi connectivity index (χ2n) is 6.21. The molecule has 1 amide bonds. The summed E-state index contributed by atoms with van der Waals surface area (Å²) in [6.45, 7) is 0.260. The Hall–Kier alpha value is -2.47. The maximum absolute atomic E-state index is 13.1. The average molecular weight is 329 g/mol. The number of likely N-dealkylation sites (tertiary alicyclic amines) is 1. The number of β-amino-alcohol motifs (C(OH)–C–C–N with tert-alkyl or cyclic N) is 1. The van der Waals surface area contributed by atoms with E-state index in [1.54, 1.807) is 35.4 Å². The molecule has 0 saturated carbocycles. The third kappa shape index (κ3) is 3.23. The molecule has 2 heterocycles. The van der Waals surface area contributed by atoms with Crippen LogP contribution in [0.25, 0.3) is 0 Å². The number of anilines is 1. The molecular formula is C18H20FN3O2. The zero-order chi connectivity index (χ0) is 17.3. The van der Waals surface area contributed by atoms with Crippen LogP contribution in [-0.2, 0) is 0 Å². The zero-order valence-electron chi connectivity index (χ0n) is 13.7. The van der Waals surface area contributed by atoms with E-state index in [9.17, 15) is 14.3 Å². The molecule has 1 aromatic carbocycles. The van der Waals surface area contributed by atoms with Crippen LogP contribution in [0.15, 0.2) is 42.6 Å². The van der Waals surface area contributed by atoms with Gasteiger partial charge in [-0.2, -0.15) is 0 Å². The number of pyridine rings is 1. The molecule has 6 heteroatoms. The number of rotatable bonds is 3. The SMILES string of the molecule is CN(C)c1ccc(C(=O)N2C[C@@H](O)C[C@@H]2c2ccc(F)cc2)cn1. The molecule has 1 aromatic heterocycles. The molecule has 0 radical (unpaired) electrons. The van der Waals surface area contributed by atoms with E-state index in [1.165, 1.54) is 12.1 Å². The maximum atomic E-state index is 13.1. The van der Waals surface area contributed by atoms with Gasteiger partial charge in [0.05, 0.1) is 17.7 Å².